The number of ether oxygens (including phenoxy) is 2. The molecule has 4 aromatic rings. The molecule has 2 N–H and O–H groups in total. The number of nitrogens with one attached hydrogen (secondary N) is 1. The van der Waals surface area contributed by atoms with Crippen molar-refractivity contribution < 1.29 is 32.5 Å². The SMILES string of the molecule is COc1ccnc2[nH]cc(C(O)c3ccc(N(Cc4ccc(C(F)(F)F)cc4)C(=O)OC(C)(C)C)nc3)c12. The number of amides is 1. The number of alkyl halides is 3. The van der Waals surface area contributed by atoms with Crippen molar-refractivity contribution in [1.82, 2.24) is 15.0 Å². The number of aromatic amines is 1. The van der Waals surface area contributed by atoms with Gasteiger partial charge < -0.3 is 19.6 Å². The van der Waals surface area contributed by atoms with Crippen LogP contribution in [0, 0.1) is 0 Å². The van der Waals surface area contributed by atoms with E-state index in [4.69, 9.17) is 9.47 Å². The molecule has 0 saturated heterocycles. The number of aromatic nitrogens is 3. The summed E-state index contributed by atoms with van der Waals surface area (Å²) in [4.78, 5) is 25.9. The van der Waals surface area contributed by atoms with Gasteiger partial charge in [0.1, 0.15) is 28.9 Å². The third-order valence-electron chi connectivity index (χ3n) is 5.68. The molecule has 1 aromatic carbocycles. The van der Waals surface area contributed by atoms with E-state index in [0.29, 0.717) is 33.5 Å². The number of halogens is 3. The van der Waals surface area contributed by atoms with Gasteiger partial charge in [0.05, 0.1) is 24.6 Å². The third kappa shape index (κ3) is 5.88. The van der Waals surface area contributed by atoms with Gasteiger partial charge in [-0.05, 0) is 50.6 Å². The van der Waals surface area contributed by atoms with Gasteiger partial charge in [-0.3, -0.25) is 4.90 Å². The lowest BCUT2D eigenvalue weighted by atomic mass is 10.0. The van der Waals surface area contributed by atoms with E-state index in [1.807, 2.05) is 0 Å². The fourth-order valence-electron chi connectivity index (χ4n) is 3.87. The van der Waals surface area contributed by atoms with Gasteiger partial charge in [0.2, 0.25) is 0 Å². The molecule has 3 heterocycles. The van der Waals surface area contributed by atoms with Crippen LogP contribution in [-0.4, -0.2) is 38.9 Å². The lowest BCUT2D eigenvalue weighted by Crippen LogP contribution is -2.37. The monoisotopic (exact) mass is 528 g/mol. The molecular weight excluding hydrogens is 501 g/mol. The largest absolute Gasteiger partial charge is 0.496 e. The highest BCUT2D eigenvalue weighted by Gasteiger charge is 2.30. The van der Waals surface area contributed by atoms with Gasteiger partial charge in [0.15, 0.2) is 0 Å². The van der Waals surface area contributed by atoms with E-state index in [2.05, 4.69) is 15.0 Å². The molecule has 0 saturated carbocycles. The summed E-state index contributed by atoms with van der Waals surface area (Å²) in [6, 6.07) is 9.36. The van der Waals surface area contributed by atoms with Crippen molar-refractivity contribution in [3.63, 3.8) is 0 Å². The molecule has 0 aliphatic carbocycles. The number of aliphatic hydroxyl groups is 1. The van der Waals surface area contributed by atoms with Crippen LogP contribution in [0.3, 0.4) is 0 Å². The number of anilines is 1. The first-order valence-electron chi connectivity index (χ1n) is 11.7. The Morgan fingerprint density at radius 2 is 1.79 bits per heavy atom. The highest BCUT2D eigenvalue weighted by Crippen LogP contribution is 2.34. The number of carbonyl (C=O) groups is 1. The first kappa shape index (κ1) is 26.9. The Morgan fingerprint density at radius 1 is 1.08 bits per heavy atom. The zero-order valence-corrected chi connectivity index (χ0v) is 21.2. The summed E-state index contributed by atoms with van der Waals surface area (Å²) in [6.45, 7) is 5.04. The molecule has 0 bridgehead atoms. The lowest BCUT2D eigenvalue weighted by Gasteiger charge is -2.27. The normalized spacial score (nSPS) is 12.8. The van der Waals surface area contributed by atoms with Gasteiger partial charge in [-0.1, -0.05) is 18.2 Å². The smallest absolute Gasteiger partial charge is 0.416 e. The number of benzene rings is 1. The van der Waals surface area contributed by atoms with Gasteiger partial charge in [-0.2, -0.15) is 13.2 Å². The second-order valence-electron chi connectivity index (χ2n) is 9.59. The summed E-state index contributed by atoms with van der Waals surface area (Å²) in [5.41, 5.74) is 0.385. The zero-order valence-electron chi connectivity index (χ0n) is 21.2. The minimum Gasteiger partial charge on any atom is -0.496 e. The molecule has 1 amide bonds. The molecule has 3 aromatic heterocycles. The van der Waals surface area contributed by atoms with E-state index < -0.39 is 29.5 Å². The fourth-order valence-corrected chi connectivity index (χ4v) is 3.87. The number of pyridine rings is 2. The third-order valence-corrected chi connectivity index (χ3v) is 5.68. The summed E-state index contributed by atoms with van der Waals surface area (Å²) in [7, 11) is 1.52. The summed E-state index contributed by atoms with van der Waals surface area (Å²) in [6.07, 6.45) is -1.61. The quantitative estimate of drug-likeness (QED) is 0.318. The van der Waals surface area contributed by atoms with Crippen molar-refractivity contribution in [3.8, 4) is 5.75 Å². The van der Waals surface area contributed by atoms with E-state index in [1.165, 1.54) is 36.4 Å². The Kier molecular flexibility index (Phi) is 7.32. The molecule has 38 heavy (non-hydrogen) atoms. The lowest BCUT2D eigenvalue weighted by molar-refractivity contribution is -0.137. The van der Waals surface area contributed by atoms with Crippen LogP contribution < -0.4 is 9.64 Å². The van der Waals surface area contributed by atoms with Gasteiger partial charge in [0, 0.05) is 29.7 Å². The molecule has 200 valence electrons. The number of hydrogen-bond donors (Lipinski definition) is 2. The minimum atomic E-state index is -4.47. The molecule has 0 aliphatic rings. The molecule has 0 fully saturated rings. The van der Waals surface area contributed by atoms with Crippen LogP contribution in [0.25, 0.3) is 11.0 Å². The molecule has 1 atom stereocenters. The minimum absolute atomic E-state index is 0.0761. The highest BCUT2D eigenvalue weighted by molar-refractivity contribution is 5.88. The number of methoxy groups -OCH3 is 1. The molecule has 0 aliphatic heterocycles. The Hall–Kier alpha value is -4.12. The van der Waals surface area contributed by atoms with Crippen molar-refractivity contribution in [2.45, 2.75) is 45.2 Å². The van der Waals surface area contributed by atoms with Crippen LogP contribution in [0.1, 0.15) is 49.1 Å². The van der Waals surface area contributed by atoms with Crippen LogP contribution in [0.2, 0.25) is 0 Å². The Morgan fingerprint density at radius 3 is 2.37 bits per heavy atom. The predicted octanol–water partition coefficient (Wildman–Crippen LogP) is 6.01. The number of hydrogen-bond acceptors (Lipinski definition) is 6. The van der Waals surface area contributed by atoms with E-state index in [1.54, 1.807) is 45.3 Å². The van der Waals surface area contributed by atoms with Crippen molar-refractivity contribution in [1.29, 1.82) is 0 Å². The average Bonchev–Trinajstić information content (AvgIpc) is 3.30. The van der Waals surface area contributed by atoms with Crippen LogP contribution >= 0.6 is 0 Å². The first-order chi connectivity index (χ1) is 17.9. The molecule has 0 spiro atoms. The zero-order chi connectivity index (χ0) is 27.7. The molecule has 4 rings (SSSR count). The predicted molar refractivity (Wildman–Crippen MR) is 135 cm³/mol. The van der Waals surface area contributed by atoms with Gasteiger partial charge in [0.25, 0.3) is 0 Å². The molecule has 1 unspecified atom stereocenters. The summed E-state index contributed by atoms with van der Waals surface area (Å²) in [5, 5.41) is 11.7. The van der Waals surface area contributed by atoms with Gasteiger partial charge >= 0.3 is 12.3 Å². The van der Waals surface area contributed by atoms with Crippen LogP contribution in [-0.2, 0) is 17.5 Å². The number of fused-ring (bicyclic) bond motifs is 1. The maximum absolute atomic E-state index is 13.0. The molecule has 0 radical (unpaired) electrons. The van der Waals surface area contributed by atoms with Crippen molar-refractivity contribution in [2.75, 3.05) is 12.0 Å². The second-order valence-corrected chi connectivity index (χ2v) is 9.59. The highest BCUT2D eigenvalue weighted by atomic mass is 19.4. The van der Waals surface area contributed by atoms with E-state index in [0.717, 1.165) is 12.1 Å². The fraction of sp³-hybridized carbons (Fsp3) is 0.296. The van der Waals surface area contributed by atoms with Crippen molar-refractivity contribution in [3.05, 3.63) is 83.3 Å². The molecule has 11 heteroatoms. The number of rotatable bonds is 6. The van der Waals surface area contributed by atoms with E-state index in [9.17, 15) is 23.1 Å². The van der Waals surface area contributed by atoms with Gasteiger partial charge in [-0.15, -0.1) is 0 Å². The summed E-state index contributed by atoms with van der Waals surface area (Å²) >= 11 is 0. The van der Waals surface area contributed by atoms with E-state index >= 15 is 0 Å². The Bertz CT molecular complexity index is 1410. The summed E-state index contributed by atoms with van der Waals surface area (Å²) < 4.78 is 49.8. The number of aliphatic hydroxyl groups excluding tert-OH is 1. The van der Waals surface area contributed by atoms with Crippen LogP contribution in [0.5, 0.6) is 5.75 Å². The Balaban J connectivity index is 1.63. The average molecular weight is 529 g/mol. The molecular formula is C27H27F3N4O4. The number of H-pyrrole nitrogens is 1. The van der Waals surface area contributed by atoms with Gasteiger partial charge in [-0.25, -0.2) is 14.8 Å². The number of carbonyl (C=O) groups excluding carboxylic acids is 1. The topological polar surface area (TPSA) is 101 Å². The van der Waals surface area contributed by atoms with Crippen molar-refractivity contribution in [2.24, 2.45) is 0 Å². The van der Waals surface area contributed by atoms with Crippen LogP contribution in [0.4, 0.5) is 23.8 Å². The summed E-state index contributed by atoms with van der Waals surface area (Å²) in [5.74, 6) is 0.746. The molecule has 8 nitrogen and oxygen atoms in total. The van der Waals surface area contributed by atoms with Crippen molar-refractivity contribution >= 4 is 22.9 Å². The van der Waals surface area contributed by atoms with Crippen LogP contribution in [0.15, 0.2) is 61.1 Å². The maximum atomic E-state index is 13.0. The number of nitrogens with zero attached hydrogens (tertiary/aromatic N) is 3. The Labute approximate surface area is 217 Å². The van der Waals surface area contributed by atoms with E-state index in [-0.39, 0.29) is 12.4 Å². The maximum Gasteiger partial charge on any atom is 0.416 e. The first-order valence-corrected chi connectivity index (χ1v) is 11.7. The second kappa shape index (κ2) is 10.3. The standard InChI is InChI=1S/C27H27F3N4O4/c1-26(2,3)38-25(36)34(15-16-5-8-18(9-6-16)27(28,29)30)21-10-7-17(13-32-21)23(35)19-14-33-24-22(19)20(37-4)11-12-31-24/h5-14,23,35H,15H2,1-4H3,(H,31,33).